The lowest BCUT2D eigenvalue weighted by atomic mass is 9.99. The number of alkyl halides is 3. The number of pyridine rings is 1. The van der Waals surface area contributed by atoms with E-state index < -0.39 is 23.5 Å². The number of hydrogen-bond donors (Lipinski definition) is 1. The number of aromatic nitrogens is 1. The van der Waals surface area contributed by atoms with E-state index in [2.05, 4.69) is 4.98 Å². The van der Waals surface area contributed by atoms with Gasteiger partial charge in [-0.25, -0.2) is 9.18 Å². The zero-order chi connectivity index (χ0) is 19.6. The number of nitrogens with zero attached hydrogens (tertiary/aromatic N) is 1. The molecule has 0 spiro atoms. The Morgan fingerprint density at radius 1 is 1.04 bits per heavy atom. The molecule has 0 saturated heterocycles. The quantitative estimate of drug-likeness (QED) is 0.638. The topological polar surface area (TPSA) is 50.2 Å². The highest BCUT2D eigenvalue weighted by atomic mass is 19.4. The average molecular weight is 375 g/mol. The first kappa shape index (κ1) is 18.6. The molecule has 0 amide bonds. The minimum Gasteiger partial charge on any atom is -0.478 e. The van der Waals surface area contributed by atoms with Gasteiger partial charge in [0, 0.05) is 11.8 Å². The molecule has 3 aromatic rings. The lowest BCUT2D eigenvalue weighted by Gasteiger charge is -2.12. The summed E-state index contributed by atoms with van der Waals surface area (Å²) in [5.41, 5.74) is 0.152. The van der Waals surface area contributed by atoms with Crippen LogP contribution in [-0.4, -0.2) is 16.1 Å². The van der Waals surface area contributed by atoms with E-state index in [1.807, 2.05) is 0 Å². The predicted molar refractivity (Wildman–Crippen MR) is 90.8 cm³/mol. The maximum atomic E-state index is 13.3. The van der Waals surface area contributed by atoms with Crippen molar-refractivity contribution >= 4 is 5.97 Å². The Balaban J connectivity index is 1.91. The van der Waals surface area contributed by atoms with Gasteiger partial charge in [0.05, 0.1) is 16.8 Å². The predicted octanol–water partition coefficient (Wildman–Crippen LogP) is 5.20. The summed E-state index contributed by atoms with van der Waals surface area (Å²) in [5, 5.41) is 9.18. The highest BCUT2D eigenvalue weighted by Gasteiger charge is 2.33. The molecule has 138 valence electrons. The van der Waals surface area contributed by atoms with E-state index in [4.69, 9.17) is 0 Å². The molecule has 0 atom stereocenters. The summed E-state index contributed by atoms with van der Waals surface area (Å²) in [6.45, 7) is 0. The monoisotopic (exact) mass is 375 g/mol. The molecule has 2 aromatic carbocycles. The molecule has 0 fully saturated rings. The molecule has 1 N–H and O–H groups in total. The highest BCUT2D eigenvalue weighted by Crippen LogP contribution is 2.36. The number of carboxylic acid groups (broad SMARTS) is 1. The van der Waals surface area contributed by atoms with Crippen molar-refractivity contribution < 1.29 is 27.5 Å². The van der Waals surface area contributed by atoms with Crippen molar-refractivity contribution in [3.05, 3.63) is 88.9 Å². The fourth-order valence-electron chi connectivity index (χ4n) is 2.76. The zero-order valence-electron chi connectivity index (χ0n) is 13.8. The van der Waals surface area contributed by atoms with Gasteiger partial charge in [-0.1, -0.05) is 30.3 Å². The van der Waals surface area contributed by atoms with E-state index in [0.717, 1.165) is 18.2 Å². The van der Waals surface area contributed by atoms with Crippen molar-refractivity contribution in [2.24, 2.45) is 0 Å². The van der Waals surface area contributed by atoms with Gasteiger partial charge in [-0.05, 0) is 41.8 Å². The molecule has 0 saturated carbocycles. The van der Waals surface area contributed by atoms with Crippen LogP contribution in [0.3, 0.4) is 0 Å². The van der Waals surface area contributed by atoms with Crippen molar-refractivity contribution in [1.82, 2.24) is 4.98 Å². The maximum absolute atomic E-state index is 13.3. The molecule has 27 heavy (non-hydrogen) atoms. The molecule has 1 heterocycles. The summed E-state index contributed by atoms with van der Waals surface area (Å²) in [6.07, 6.45) is -2.95. The standard InChI is InChI=1S/C20H13F4NO2/c21-14-7-6-13(16(10-14)19(26)27)9-12-5-8-18(25-11-12)15-3-1-2-4-17(15)20(22,23)24/h1-8,10-11H,9H2,(H,26,27). The summed E-state index contributed by atoms with van der Waals surface area (Å²) in [6, 6.07) is 11.6. The largest absolute Gasteiger partial charge is 0.478 e. The first-order valence-electron chi connectivity index (χ1n) is 7.89. The molecule has 3 nitrogen and oxygen atoms in total. The molecule has 7 heteroatoms. The maximum Gasteiger partial charge on any atom is 0.417 e. The lowest BCUT2D eigenvalue weighted by Crippen LogP contribution is -2.07. The Labute approximate surface area is 151 Å². The van der Waals surface area contributed by atoms with E-state index >= 15 is 0 Å². The second-order valence-electron chi connectivity index (χ2n) is 5.88. The van der Waals surface area contributed by atoms with Crippen LogP contribution >= 0.6 is 0 Å². The first-order valence-corrected chi connectivity index (χ1v) is 7.89. The van der Waals surface area contributed by atoms with Crippen LogP contribution in [0.5, 0.6) is 0 Å². The minimum atomic E-state index is -4.50. The van der Waals surface area contributed by atoms with Crippen LogP contribution in [0.15, 0.2) is 60.8 Å². The molecular formula is C20H13F4NO2. The van der Waals surface area contributed by atoms with Crippen LogP contribution in [0.25, 0.3) is 11.3 Å². The van der Waals surface area contributed by atoms with E-state index in [9.17, 15) is 27.5 Å². The fraction of sp³-hybridized carbons (Fsp3) is 0.100. The van der Waals surface area contributed by atoms with Crippen LogP contribution in [0, 0.1) is 5.82 Å². The number of hydrogen-bond acceptors (Lipinski definition) is 2. The van der Waals surface area contributed by atoms with E-state index in [1.54, 1.807) is 6.07 Å². The molecular weight excluding hydrogens is 362 g/mol. The van der Waals surface area contributed by atoms with Crippen molar-refractivity contribution in [3.63, 3.8) is 0 Å². The average Bonchev–Trinajstić information content (AvgIpc) is 2.63. The van der Waals surface area contributed by atoms with Gasteiger partial charge in [0.2, 0.25) is 0 Å². The third kappa shape index (κ3) is 4.13. The van der Waals surface area contributed by atoms with E-state index in [0.29, 0.717) is 11.1 Å². The summed E-state index contributed by atoms with van der Waals surface area (Å²) < 4.78 is 52.7. The van der Waals surface area contributed by atoms with Crippen molar-refractivity contribution in [1.29, 1.82) is 0 Å². The van der Waals surface area contributed by atoms with Gasteiger partial charge in [0.15, 0.2) is 0 Å². The third-order valence-electron chi connectivity index (χ3n) is 4.03. The fourth-order valence-corrected chi connectivity index (χ4v) is 2.76. The van der Waals surface area contributed by atoms with Gasteiger partial charge >= 0.3 is 12.1 Å². The van der Waals surface area contributed by atoms with Crippen LogP contribution in [-0.2, 0) is 12.6 Å². The number of aromatic carboxylic acids is 1. The molecule has 0 aliphatic carbocycles. The number of benzene rings is 2. The van der Waals surface area contributed by atoms with Gasteiger partial charge in [0.25, 0.3) is 0 Å². The number of carboxylic acids is 1. The molecule has 1 aromatic heterocycles. The Morgan fingerprint density at radius 2 is 1.78 bits per heavy atom. The minimum absolute atomic E-state index is 0.0374. The van der Waals surface area contributed by atoms with Crippen LogP contribution in [0.1, 0.15) is 27.0 Å². The molecule has 0 aliphatic rings. The van der Waals surface area contributed by atoms with Gasteiger partial charge in [-0.15, -0.1) is 0 Å². The van der Waals surface area contributed by atoms with Crippen molar-refractivity contribution in [2.45, 2.75) is 12.6 Å². The van der Waals surface area contributed by atoms with Gasteiger partial charge in [0.1, 0.15) is 5.82 Å². The van der Waals surface area contributed by atoms with Gasteiger partial charge < -0.3 is 5.11 Å². The van der Waals surface area contributed by atoms with E-state index in [-0.39, 0.29) is 23.2 Å². The second kappa shape index (κ2) is 7.19. The van der Waals surface area contributed by atoms with Crippen LogP contribution < -0.4 is 0 Å². The van der Waals surface area contributed by atoms with Gasteiger partial charge in [-0.2, -0.15) is 13.2 Å². The Bertz CT molecular complexity index is 982. The third-order valence-corrected chi connectivity index (χ3v) is 4.03. The summed E-state index contributed by atoms with van der Waals surface area (Å²) in [4.78, 5) is 15.3. The smallest absolute Gasteiger partial charge is 0.417 e. The summed E-state index contributed by atoms with van der Waals surface area (Å²) in [7, 11) is 0. The Morgan fingerprint density at radius 3 is 2.41 bits per heavy atom. The second-order valence-corrected chi connectivity index (χ2v) is 5.88. The SMILES string of the molecule is O=C(O)c1cc(F)ccc1Cc1ccc(-c2ccccc2C(F)(F)F)nc1. The van der Waals surface area contributed by atoms with Crippen LogP contribution in [0.4, 0.5) is 17.6 Å². The summed E-state index contributed by atoms with van der Waals surface area (Å²) >= 11 is 0. The Hall–Kier alpha value is -3.22. The normalized spacial score (nSPS) is 11.4. The molecule has 0 unspecified atom stereocenters. The molecule has 0 radical (unpaired) electrons. The molecule has 0 bridgehead atoms. The Kier molecular flexibility index (Phi) is 4.94. The van der Waals surface area contributed by atoms with Gasteiger partial charge in [-0.3, -0.25) is 4.98 Å². The lowest BCUT2D eigenvalue weighted by molar-refractivity contribution is -0.137. The van der Waals surface area contributed by atoms with Crippen LogP contribution in [0.2, 0.25) is 0 Å². The summed E-state index contributed by atoms with van der Waals surface area (Å²) in [5.74, 6) is -1.92. The number of rotatable bonds is 4. The van der Waals surface area contributed by atoms with Crippen molar-refractivity contribution in [2.75, 3.05) is 0 Å². The van der Waals surface area contributed by atoms with Crippen molar-refractivity contribution in [3.8, 4) is 11.3 Å². The highest BCUT2D eigenvalue weighted by molar-refractivity contribution is 5.89. The number of carbonyl (C=O) groups is 1. The van der Waals surface area contributed by atoms with E-state index in [1.165, 1.54) is 36.5 Å². The zero-order valence-corrected chi connectivity index (χ0v) is 13.8. The molecule has 0 aliphatic heterocycles. The molecule has 3 rings (SSSR count). The first-order chi connectivity index (χ1) is 12.8. The number of halogens is 4.